The smallest absolute Gasteiger partial charge is 0.191 e. The van der Waals surface area contributed by atoms with Crippen LogP contribution in [0.25, 0.3) is 0 Å². The van der Waals surface area contributed by atoms with E-state index < -0.39 is 0 Å². The largest absolute Gasteiger partial charge is 0.490 e. The molecule has 0 radical (unpaired) electrons. The number of nitrogens with zero attached hydrogens (tertiary/aromatic N) is 3. The molecule has 4 rings (SSSR count). The number of pyridine rings is 1. The minimum atomic E-state index is -0.0180. The van der Waals surface area contributed by atoms with E-state index >= 15 is 0 Å². The van der Waals surface area contributed by atoms with Crippen molar-refractivity contribution in [1.82, 2.24) is 9.88 Å². The molecule has 1 aromatic heterocycles. The third kappa shape index (κ3) is 3.68. The number of hydrogen-bond donors (Lipinski definition) is 0. The highest BCUT2D eigenvalue weighted by atomic mass is 16.5. The van der Waals surface area contributed by atoms with Crippen LogP contribution in [0.2, 0.25) is 0 Å². The lowest BCUT2D eigenvalue weighted by Gasteiger charge is -2.34. The zero-order valence-corrected chi connectivity index (χ0v) is 15.8. The Morgan fingerprint density at radius 2 is 1.96 bits per heavy atom. The van der Waals surface area contributed by atoms with Gasteiger partial charge in [-0.05, 0) is 44.5 Å². The summed E-state index contributed by atoms with van der Waals surface area (Å²) < 4.78 is 5.77. The number of aromatic nitrogens is 1. The molecule has 2 saturated heterocycles. The van der Waals surface area contributed by atoms with Gasteiger partial charge in [0, 0.05) is 43.6 Å². The molecule has 0 unspecified atom stereocenters. The van der Waals surface area contributed by atoms with Crippen LogP contribution in [0, 0.1) is 0 Å². The van der Waals surface area contributed by atoms with Gasteiger partial charge in [-0.2, -0.15) is 0 Å². The Balaban J connectivity index is 1.42. The van der Waals surface area contributed by atoms with E-state index in [9.17, 15) is 4.79 Å². The molecule has 2 atom stereocenters. The van der Waals surface area contributed by atoms with Crippen molar-refractivity contribution >= 4 is 11.6 Å². The Hall–Kier alpha value is -2.82. The number of carbonyl (C=O) groups excluding carboxylic acids is 1. The number of ether oxygens (including phenoxy) is 1. The highest BCUT2D eigenvalue weighted by Crippen LogP contribution is 2.33. The van der Waals surface area contributed by atoms with E-state index in [1.807, 2.05) is 62.6 Å². The zero-order valence-electron chi connectivity index (χ0n) is 15.8. The molecule has 2 aliphatic rings. The number of benzene rings is 1. The van der Waals surface area contributed by atoms with Crippen molar-refractivity contribution in [2.75, 3.05) is 18.0 Å². The van der Waals surface area contributed by atoms with Gasteiger partial charge in [-0.1, -0.05) is 18.2 Å². The number of carbonyl (C=O) groups is 1. The molecule has 2 bridgehead atoms. The van der Waals surface area contributed by atoms with Crippen molar-refractivity contribution in [3.8, 4) is 5.75 Å². The Kier molecular flexibility index (Phi) is 4.84. The number of allylic oxidation sites excluding steroid dienone is 1. The van der Waals surface area contributed by atoms with Gasteiger partial charge < -0.3 is 14.5 Å². The number of para-hydroxylation sites is 1. The molecule has 0 aliphatic carbocycles. The lowest BCUT2D eigenvalue weighted by atomic mass is 10.1. The normalized spacial score (nSPS) is 21.4. The van der Waals surface area contributed by atoms with Gasteiger partial charge in [0.15, 0.2) is 5.78 Å². The maximum Gasteiger partial charge on any atom is 0.191 e. The van der Waals surface area contributed by atoms with E-state index in [-0.39, 0.29) is 11.9 Å². The predicted octanol–water partition coefficient (Wildman–Crippen LogP) is 3.53. The second-order valence-corrected chi connectivity index (χ2v) is 7.42. The van der Waals surface area contributed by atoms with Crippen molar-refractivity contribution in [3.63, 3.8) is 0 Å². The Bertz CT molecular complexity index is 834. The Morgan fingerprint density at radius 3 is 2.67 bits per heavy atom. The van der Waals surface area contributed by atoms with Gasteiger partial charge in [-0.3, -0.25) is 4.79 Å². The maximum atomic E-state index is 12.7. The van der Waals surface area contributed by atoms with E-state index in [2.05, 4.69) is 20.9 Å². The molecule has 0 spiro atoms. The first kappa shape index (κ1) is 17.6. The zero-order chi connectivity index (χ0) is 18.8. The summed E-state index contributed by atoms with van der Waals surface area (Å²) in [4.78, 5) is 21.8. The summed E-state index contributed by atoms with van der Waals surface area (Å²) in [6, 6.07) is 14.4. The highest BCUT2D eigenvalue weighted by molar-refractivity contribution is 6.06. The predicted molar refractivity (Wildman–Crippen MR) is 106 cm³/mol. The van der Waals surface area contributed by atoms with Crippen LogP contribution in [0.3, 0.4) is 0 Å². The SMILES string of the molecule is CC(C)Oc1ccccc1C(=O)/C=C/N1C[C@H]2C[C@@H]1CN2c1ccccn1. The molecule has 2 aliphatic heterocycles. The fourth-order valence-corrected chi connectivity index (χ4v) is 3.96. The Morgan fingerprint density at radius 1 is 1.15 bits per heavy atom. The van der Waals surface area contributed by atoms with Crippen LogP contribution in [-0.4, -0.2) is 46.9 Å². The van der Waals surface area contributed by atoms with Crippen LogP contribution in [0.5, 0.6) is 5.75 Å². The molecule has 2 aromatic rings. The van der Waals surface area contributed by atoms with Crippen LogP contribution >= 0.6 is 0 Å². The molecule has 3 heterocycles. The molecular weight excluding hydrogens is 338 g/mol. The van der Waals surface area contributed by atoms with E-state index in [1.54, 1.807) is 6.08 Å². The number of likely N-dealkylation sites (tertiary alicyclic amines) is 1. The van der Waals surface area contributed by atoms with Crippen molar-refractivity contribution < 1.29 is 9.53 Å². The van der Waals surface area contributed by atoms with Gasteiger partial charge in [0.25, 0.3) is 0 Å². The molecule has 0 N–H and O–H groups in total. The van der Waals surface area contributed by atoms with Crippen molar-refractivity contribution in [2.24, 2.45) is 0 Å². The van der Waals surface area contributed by atoms with Gasteiger partial charge in [-0.15, -0.1) is 0 Å². The third-order valence-corrected chi connectivity index (χ3v) is 5.16. The van der Waals surface area contributed by atoms with E-state index in [0.717, 1.165) is 25.3 Å². The average Bonchev–Trinajstić information content (AvgIpc) is 3.27. The van der Waals surface area contributed by atoms with Gasteiger partial charge in [-0.25, -0.2) is 4.98 Å². The van der Waals surface area contributed by atoms with Crippen molar-refractivity contribution in [1.29, 1.82) is 0 Å². The number of hydrogen-bond acceptors (Lipinski definition) is 5. The summed E-state index contributed by atoms with van der Waals surface area (Å²) in [5.41, 5.74) is 0.613. The first-order chi connectivity index (χ1) is 13.1. The summed E-state index contributed by atoms with van der Waals surface area (Å²) in [7, 11) is 0. The summed E-state index contributed by atoms with van der Waals surface area (Å²) >= 11 is 0. The summed E-state index contributed by atoms with van der Waals surface area (Å²) in [6.07, 6.45) is 6.62. The van der Waals surface area contributed by atoms with Crippen molar-refractivity contribution in [2.45, 2.75) is 38.5 Å². The fourth-order valence-electron chi connectivity index (χ4n) is 3.96. The molecule has 5 heteroatoms. The average molecular weight is 363 g/mol. The number of anilines is 1. The first-order valence-corrected chi connectivity index (χ1v) is 9.53. The molecule has 0 amide bonds. The lowest BCUT2D eigenvalue weighted by molar-refractivity contribution is 0.103. The number of ketones is 1. The number of rotatable bonds is 6. The molecule has 1 aromatic carbocycles. The standard InChI is InChI=1S/C22H25N3O2/c1-16(2)27-21-8-4-3-7-19(21)20(26)10-12-24-14-18-13-17(24)15-25(18)22-9-5-6-11-23-22/h3-12,16-18H,13-15H2,1-2H3/b12-10+/t17-,18-/m1/s1. The molecule has 140 valence electrons. The van der Waals surface area contributed by atoms with E-state index in [0.29, 0.717) is 23.4 Å². The van der Waals surface area contributed by atoms with E-state index in [4.69, 9.17) is 4.74 Å². The second-order valence-electron chi connectivity index (χ2n) is 7.42. The third-order valence-electron chi connectivity index (χ3n) is 5.16. The summed E-state index contributed by atoms with van der Waals surface area (Å²) in [5.74, 6) is 1.67. The highest BCUT2D eigenvalue weighted by Gasteiger charge is 2.42. The Labute approximate surface area is 160 Å². The number of fused-ring (bicyclic) bond motifs is 2. The van der Waals surface area contributed by atoms with Gasteiger partial charge in [0.05, 0.1) is 11.7 Å². The van der Waals surface area contributed by atoms with Crippen LogP contribution in [0.1, 0.15) is 30.6 Å². The number of piperazine rings is 1. The molecule has 0 saturated carbocycles. The summed E-state index contributed by atoms with van der Waals surface area (Å²) in [6.45, 7) is 5.80. The minimum Gasteiger partial charge on any atom is -0.490 e. The molecule has 27 heavy (non-hydrogen) atoms. The second kappa shape index (κ2) is 7.43. The van der Waals surface area contributed by atoms with Gasteiger partial charge in [0.2, 0.25) is 0 Å². The maximum absolute atomic E-state index is 12.7. The van der Waals surface area contributed by atoms with Crippen molar-refractivity contribution in [3.05, 3.63) is 66.5 Å². The van der Waals surface area contributed by atoms with Crippen LogP contribution in [0.4, 0.5) is 5.82 Å². The molecular formula is C22H25N3O2. The molecule has 5 nitrogen and oxygen atoms in total. The van der Waals surface area contributed by atoms with E-state index in [1.165, 1.54) is 0 Å². The molecule has 2 fully saturated rings. The summed E-state index contributed by atoms with van der Waals surface area (Å²) in [5, 5.41) is 0. The minimum absolute atomic E-state index is 0.0180. The lowest BCUT2D eigenvalue weighted by Crippen LogP contribution is -2.44. The first-order valence-electron chi connectivity index (χ1n) is 9.53. The van der Waals surface area contributed by atoms with Crippen LogP contribution < -0.4 is 9.64 Å². The van der Waals surface area contributed by atoms with Crippen LogP contribution in [-0.2, 0) is 0 Å². The van der Waals surface area contributed by atoms with Crippen LogP contribution in [0.15, 0.2) is 60.9 Å². The topological polar surface area (TPSA) is 45.7 Å². The monoisotopic (exact) mass is 363 g/mol. The quantitative estimate of drug-likeness (QED) is 0.580. The fraction of sp³-hybridized carbons (Fsp3) is 0.364. The van der Waals surface area contributed by atoms with Gasteiger partial charge in [0.1, 0.15) is 11.6 Å². The van der Waals surface area contributed by atoms with Gasteiger partial charge >= 0.3 is 0 Å².